The number of likely N-dealkylation sites (tertiary alicyclic amines) is 1. The summed E-state index contributed by atoms with van der Waals surface area (Å²) in [5.41, 5.74) is 3.59. The van der Waals surface area contributed by atoms with Crippen LogP contribution >= 0.6 is 11.6 Å². The van der Waals surface area contributed by atoms with Crippen LogP contribution < -0.4 is 10.1 Å². The minimum atomic E-state index is -0.242. The zero-order valence-electron chi connectivity index (χ0n) is 18.6. The van der Waals surface area contributed by atoms with E-state index in [4.69, 9.17) is 21.7 Å². The lowest BCUT2D eigenvalue weighted by Crippen LogP contribution is -2.27. The van der Waals surface area contributed by atoms with Crippen molar-refractivity contribution < 1.29 is 9.53 Å². The third kappa shape index (κ3) is 6.14. The van der Waals surface area contributed by atoms with Crippen LogP contribution in [0.25, 0.3) is 0 Å². The number of nitrogens with zero attached hydrogens (tertiary/aromatic N) is 2. The maximum absolute atomic E-state index is 13.0. The first-order valence-electron chi connectivity index (χ1n) is 11.1. The van der Waals surface area contributed by atoms with Crippen LogP contribution in [0.15, 0.2) is 60.8 Å². The second-order valence-electron chi connectivity index (χ2n) is 8.08. The van der Waals surface area contributed by atoms with Gasteiger partial charge in [-0.05, 0) is 61.1 Å². The van der Waals surface area contributed by atoms with Gasteiger partial charge in [-0.3, -0.25) is 10.2 Å². The first-order valence-corrected chi connectivity index (χ1v) is 11.4. The largest absolute Gasteiger partial charge is 0.497 e. The van der Waals surface area contributed by atoms with E-state index < -0.39 is 0 Å². The lowest BCUT2D eigenvalue weighted by atomic mass is 9.98. The number of halogens is 1. The van der Waals surface area contributed by atoms with E-state index in [9.17, 15) is 4.79 Å². The van der Waals surface area contributed by atoms with Gasteiger partial charge >= 0.3 is 0 Å². The van der Waals surface area contributed by atoms with E-state index in [-0.39, 0.29) is 13.3 Å². The Hall–Kier alpha value is -3.38. The highest BCUT2D eigenvalue weighted by molar-refractivity contribution is 6.30. The van der Waals surface area contributed by atoms with Gasteiger partial charge in [0.1, 0.15) is 17.4 Å². The van der Waals surface area contributed by atoms with Crippen molar-refractivity contribution in [2.45, 2.75) is 33.1 Å². The van der Waals surface area contributed by atoms with Crippen LogP contribution in [0.3, 0.4) is 0 Å². The minimum absolute atomic E-state index is 0. The Balaban J connectivity index is 0.00000324. The molecule has 2 aromatic carbocycles. The number of carbonyl (C=O) groups excluding carboxylic acids is 1. The molecule has 178 valence electrons. The molecule has 6 nitrogen and oxygen atoms in total. The van der Waals surface area contributed by atoms with Gasteiger partial charge in [-0.2, -0.15) is 0 Å². The average Bonchev–Trinajstić information content (AvgIpc) is 3.39. The predicted molar refractivity (Wildman–Crippen MR) is 138 cm³/mol. The van der Waals surface area contributed by atoms with Gasteiger partial charge in [0.25, 0.3) is 5.91 Å². The lowest BCUT2D eigenvalue weighted by molar-refractivity contribution is 0.102. The quantitative estimate of drug-likeness (QED) is 0.330. The van der Waals surface area contributed by atoms with Crippen molar-refractivity contribution in [2.75, 3.05) is 25.5 Å². The Bertz CT molecular complexity index is 1120. The lowest BCUT2D eigenvalue weighted by Gasteiger charge is -2.18. The molecule has 2 N–H and O–H groups in total. The number of ether oxygens (including phenoxy) is 1. The Morgan fingerprint density at radius 1 is 1.09 bits per heavy atom. The highest BCUT2D eigenvalue weighted by Gasteiger charge is 2.17. The number of methoxy groups -OCH3 is 1. The number of hydrogen-bond donors (Lipinski definition) is 2. The number of rotatable bonds is 7. The molecule has 7 heteroatoms. The Morgan fingerprint density at radius 2 is 1.82 bits per heavy atom. The fourth-order valence-electron chi connectivity index (χ4n) is 3.98. The fraction of sp³-hybridized carbons (Fsp3) is 0.296. The van der Waals surface area contributed by atoms with Crippen LogP contribution in [0.1, 0.15) is 47.3 Å². The minimum Gasteiger partial charge on any atom is -0.497 e. The number of hydrogen-bond acceptors (Lipinski definition) is 4. The maximum atomic E-state index is 13.0. The van der Waals surface area contributed by atoms with Gasteiger partial charge in [0.05, 0.1) is 12.1 Å². The first kappa shape index (κ1) is 25.2. The molecule has 34 heavy (non-hydrogen) atoms. The number of carbonyl (C=O) groups is 1. The van der Waals surface area contributed by atoms with Crippen LogP contribution in [0.2, 0.25) is 5.02 Å². The number of aromatic nitrogens is 1. The van der Waals surface area contributed by atoms with Crippen molar-refractivity contribution in [2.24, 2.45) is 0 Å². The molecule has 0 radical (unpaired) electrons. The zero-order valence-corrected chi connectivity index (χ0v) is 19.4. The molecule has 0 atom stereocenters. The molecule has 0 unspecified atom stereocenters. The molecule has 4 rings (SSSR count). The van der Waals surface area contributed by atoms with E-state index in [1.165, 1.54) is 6.20 Å². The molecule has 1 amide bonds. The van der Waals surface area contributed by atoms with E-state index in [1.807, 2.05) is 24.3 Å². The molecule has 1 aliphatic heterocycles. The van der Waals surface area contributed by atoms with Gasteiger partial charge in [-0.25, -0.2) is 4.98 Å². The van der Waals surface area contributed by atoms with Crippen LogP contribution in [-0.4, -0.2) is 41.8 Å². The summed E-state index contributed by atoms with van der Waals surface area (Å²) < 4.78 is 5.33. The molecular weight excluding hydrogens is 448 g/mol. The summed E-state index contributed by atoms with van der Waals surface area (Å²) in [6, 6.07) is 17.1. The van der Waals surface area contributed by atoms with E-state index in [0.29, 0.717) is 34.4 Å². The van der Waals surface area contributed by atoms with Crippen LogP contribution in [-0.2, 0) is 12.8 Å². The molecule has 1 aromatic heterocycles. The molecule has 0 aliphatic carbocycles. The molecule has 3 aromatic rings. The zero-order chi connectivity index (χ0) is 23.2. The molecule has 1 saturated heterocycles. The van der Waals surface area contributed by atoms with Crippen molar-refractivity contribution in [3.63, 3.8) is 0 Å². The van der Waals surface area contributed by atoms with Gasteiger partial charge in [-0.1, -0.05) is 49.4 Å². The molecule has 0 spiro atoms. The molecule has 2 heterocycles. The van der Waals surface area contributed by atoms with Gasteiger partial charge in [0.2, 0.25) is 0 Å². The maximum Gasteiger partial charge on any atom is 0.257 e. The number of pyridine rings is 1. The van der Waals surface area contributed by atoms with Gasteiger partial charge in [-0.15, -0.1) is 0 Å². The smallest absolute Gasteiger partial charge is 0.257 e. The Labute approximate surface area is 206 Å². The molecule has 0 bridgehead atoms. The Morgan fingerprint density at radius 3 is 2.47 bits per heavy atom. The van der Waals surface area contributed by atoms with Crippen molar-refractivity contribution in [1.29, 1.82) is 5.41 Å². The molecule has 1 fully saturated rings. The molecular formula is C27H31ClN4O2. The molecule has 0 saturated carbocycles. The summed E-state index contributed by atoms with van der Waals surface area (Å²) in [5.74, 6) is 1.42. The number of anilines is 1. The standard InChI is InChI=1S/C26H27ClN4O2.CH4/c1-33-22-12-10-19(23(16-22)26(32)30-24-13-11-21(27)17-29-24)7-4-18-5-8-20(9-6-18)25(28)31-14-2-3-15-31;/h5-6,8-13,16-17,28H,2-4,7,14-15H2,1H3,(H,29,30,32);1H4. The number of amidine groups is 1. The number of nitrogens with one attached hydrogen (secondary N) is 2. The Kier molecular flexibility index (Phi) is 8.66. The van der Waals surface area contributed by atoms with E-state index in [2.05, 4.69) is 27.3 Å². The highest BCUT2D eigenvalue weighted by atomic mass is 35.5. The summed E-state index contributed by atoms with van der Waals surface area (Å²) in [5, 5.41) is 11.7. The van der Waals surface area contributed by atoms with Gasteiger partial charge in [0.15, 0.2) is 0 Å². The third-order valence-electron chi connectivity index (χ3n) is 5.86. The van der Waals surface area contributed by atoms with Crippen molar-refractivity contribution in [3.8, 4) is 5.75 Å². The van der Waals surface area contributed by atoms with Gasteiger partial charge < -0.3 is 15.0 Å². The SMILES string of the molecule is C.COc1ccc(CCc2ccc(C(=N)N3CCCC3)cc2)c(C(=O)Nc2ccc(Cl)cn2)c1. The summed E-state index contributed by atoms with van der Waals surface area (Å²) in [6.07, 6.45) is 5.29. The third-order valence-corrected chi connectivity index (χ3v) is 6.09. The fourth-order valence-corrected chi connectivity index (χ4v) is 4.09. The van der Waals surface area contributed by atoms with Crippen molar-refractivity contribution in [1.82, 2.24) is 9.88 Å². The predicted octanol–water partition coefficient (Wildman–Crippen LogP) is 5.84. The summed E-state index contributed by atoms with van der Waals surface area (Å²) in [4.78, 5) is 19.3. The summed E-state index contributed by atoms with van der Waals surface area (Å²) >= 11 is 5.88. The highest BCUT2D eigenvalue weighted by Crippen LogP contribution is 2.22. The van der Waals surface area contributed by atoms with Crippen LogP contribution in [0, 0.1) is 5.41 Å². The van der Waals surface area contributed by atoms with Crippen LogP contribution in [0.5, 0.6) is 5.75 Å². The van der Waals surface area contributed by atoms with Crippen molar-refractivity contribution in [3.05, 3.63) is 88.1 Å². The van der Waals surface area contributed by atoms with Gasteiger partial charge in [0, 0.05) is 30.4 Å². The number of aryl methyl sites for hydroxylation is 2. The summed E-state index contributed by atoms with van der Waals surface area (Å²) in [7, 11) is 1.58. The first-order chi connectivity index (χ1) is 16.0. The monoisotopic (exact) mass is 478 g/mol. The van der Waals surface area contributed by atoms with E-state index in [0.717, 1.165) is 49.0 Å². The number of amides is 1. The second-order valence-corrected chi connectivity index (χ2v) is 8.51. The molecule has 1 aliphatic rings. The second kappa shape index (κ2) is 11.7. The average molecular weight is 479 g/mol. The van der Waals surface area contributed by atoms with E-state index >= 15 is 0 Å². The normalized spacial score (nSPS) is 12.7. The van der Waals surface area contributed by atoms with E-state index in [1.54, 1.807) is 25.3 Å². The van der Waals surface area contributed by atoms with Crippen molar-refractivity contribution >= 4 is 29.2 Å². The topological polar surface area (TPSA) is 78.3 Å². The summed E-state index contributed by atoms with van der Waals surface area (Å²) in [6.45, 7) is 1.93. The van der Waals surface area contributed by atoms with Crippen LogP contribution in [0.4, 0.5) is 5.82 Å². The number of benzene rings is 2.